The van der Waals surface area contributed by atoms with E-state index in [4.69, 9.17) is 11.5 Å². The molecule has 3 heteroatoms. The zero-order valence-corrected chi connectivity index (χ0v) is 7.09. The predicted molar refractivity (Wildman–Crippen MR) is 48.9 cm³/mol. The van der Waals surface area contributed by atoms with E-state index in [1.807, 2.05) is 12.9 Å². The van der Waals surface area contributed by atoms with Gasteiger partial charge in [0.05, 0.1) is 0 Å². The second-order valence-corrected chi connectivity index (χ2v) is 3.02. The molecule has 1 aliphatic rings. The summed E-state index contributed by atoms with van der Waals surface area (Å²) in [5.74, 6) is 0.521. The van der Waals surface area contributed by atoms with E-state index in [1.165, 1.54) is 5.47 Å². The van der Waals surface area contributed by atoms with Gasteiger partial charge in [-0.15, -0.1) is 5.47 Å². The van der Waals surface area contributed by atoms with Gasteiger partial charge in [-0.25, -0.2) is 0 Å². The van der Waals surface area contributed by atoms with Gasteiger partial charge in [-0.3, -0.25) is 0 Å². The smallest absolute Gasteiger partial charge is 0.143 e. The molecule has 0 aromatic carbocycles. The van der Waals surface area contributed by atoms with Crippen LogP contribution in [0.1, 0.15) is 13.3 Å². The molecule has 0 fully saturated rings. The van der Waals surface area contributed by atoms with Crippen LogP contribution in [-0.2, 0) is 0 Å². The van der Waals surface area contributed by atoms with Gasteiger partial charge in [-0.05, 0) is 18.4 Å². The Labute approximate surface area is 68.6 Å². The van der Waals surface area contributed by atoms with Crippen molar-refractivity contribution in [1.29, 1.82) is 0 Å². The van der Waals surface area contributed by atoms with Crippen molar-refractivity contribution in [2.24, 2.45) is 17.4 Å². The summed E-state index contributed by atoms with van der Waals surface area (Å²) in [6.07, 6.45) is 2.85. The maximum Gasteiger partial charge on any atom is 0.143 e. The first-order valence-corrected chi connectivity index (χ1v) is 3.90. The van der Waals surface area contributed by atoms with Gasteiger partial charge in [-0.1, -0.05) is 13.7 Å². The molecule has 0 aromatic rings. The van der Waals surface area contributed by atoms with E-state index in [2.05, 4.69) is 14.2 Å². The Kier molecular flexibility index (Phi) is 2.27. The van der Waals surface area contributed by atoms with Crippen molar-refractivity contribution >= 4 is 7.28 Å². The highest BCUT2D eigenvalue weighted by atomic mass is 14.7. The fourth-order valence-electron chi connectivity index (χ4n) is 1.35. The van der Waals surface area contributed by atoms with Crippen molar-refractivity contribution in [3.05, 3.63) is 22.9 Å². The fourth-order valence-corrected chi connectivity index (χ4v) is 1.35. The second-order valence-electron chi connectivity index (χ2n) is 3.02. The Morgan fingerprint density at radius 3 is 2.73 bits per heavy atom. The van der Waals surface area contributed by atoms with Crippen LogP contribution in [0, 0.1) is 5.92 Å². The van der Waals surface area contributed by atoms with E-state index in [-0.39, 0.29) is 0 Å². The quantitative estimate of drug-likeness (QED) is 0.541. The van der Waals surface area contributed by atoms with Crippen LogP contribution in [0.2, 0.25) is 6.82 Å². The fraction of sp³-hybridized carbons (Fsp3) is 0.500. The second kappa shape index (κ2) is 3.03. The zero-order chi connectivity index (χ0) is 8.43. The Bertz CT molecular complexity index is 218. The average Bonchev–Trinajstić information content (AvgIpc) is 1.97. The van der Waals surface area contributed by atoms with Crippen LogP contribution < -0.4 is 11.5 Å². The van der Waals surface area contributed by atoms with Crippen molar-refractivity contribution in [2.75, 3.05) is 0 Å². The summed E-state index contributed by atoms with van der Waals surface area (Å²) in [7, 11) is 2.09. The predicted octanol–water partition coefficient (Wildman–Crippen LogP) is 0.791. The van der Waals surface area contributed by atoms with Crippen LogP contribution in [0.25, 0.3) is 0 Å². The Morgan fingerprint density at radius 1 is 1.55 bits per heavy atom. The van der Waals surface area contributed by atoms with Gasteiger partial charge in [0.25, 0.3) is 0 Å². The molecule has 0 saturated carbocycles. The summed E-state index contributed by atoms with van der Waals surface area (Å²) in [5, 5.41) is 0. The van der Waals surface area contributed by atoms with E-state index in [1.54, 1.807) is 0 Å². The molecule has 1 rings (SSSR count). The van der Waals surface area contributed by atoms with E-state index < -0.39 is 0 Å². The topological polar surface area (TPSA) is 52.0 Å². The minimum atomic E-state index is 0.521. The van der Waals surface area contributed by atoms with Gasteiger partial charge >= 0.3 is 0 Å². The third-order valence-electron chi connectivity index (χ3n) is 2.12. The lowest BCUT2D eigenvalue weighted by atomic mass is 9.64. The molecule has 1 aliphatic carbocycles. The highest BCUT2D eigenvalue weighted by Crippen LogP contribution is 2.23. The Hall–Kier alpha value is -0.855. The molecule has 1 unspecified atom stereocenters. The highest BCUT2D eigenvalue weighted by Gasteiger charge is 2.14. The molecule has 0 aliphatic heterocycles. The van der Waals surface area contributed by atoms with Gasteiger partial charge in [0.1, 0.15) is 7.28 Å². The van der Waals surface area contributed by atoms with Crippen LogP contribution >= 0.6 is 0 Å². The molecule has 0 saturated heterocycles. The molecule has 59 valence electrons. The summed E-state index contributed by atoms with van der Waals surface area (Å²) < 4.78 is 0. The minimum absolute atomic E-state index is 0.521. The van der Waals surface area contributed by atoms with Crippen LogP contribution in [-0.4, -0.2) is 7.28 Å². The lowest BCUT2D eigenvalue weighted by Gasteiger charge is -2.20. The number of allylic oxidation sites excluding steroid dienone is 3. The molecule has 4 N–H and O–H groups in total. The number of hydrogen-bond acceptors (Lipinski definition) is 2. The van der Waals surface area contributed by atoms with Crippen molar-refractivity contribution in [3.8, 4) is 0 Å². The van der Waals surface area contributed by atoms with Crippen molar-refractivity contribution in [2.45, 2.75) is 20.2 Å². The van der Waals surface area contributed by atoms with Gasteiger partial charge in [0, 0.05) is 11.4 Å². The summed E-state index contributed by atoms with van der Waals surface area (Å²) in [4.78, 5) is 0. The maximum absolute atomic E-state index is 5.68. The molecule has 0 aromatic heterocycles. The largest absolute Gasteiger partial charge is 0.400 e. The summed E-state index contributed by atoms with van der Waals surface area (Å²) in [5.41, 5.74) is 14.2. The molecule has 0 amide bonds. The molecule has 0 spiro atoms. The average molecular weight is 149 g/mol. The maximum atomic E-state index is 5.68. The first-order valence-electron chi connectivity index (χ1n) is 3.90. The number of hydrogen-bond donors (Lipinski definition) is 2. The lowest BCUT2D eigenvalue weighted by Crippen LogP contribution is -2.19. The van der Waals surface area contributed by atoms with E-state index in [0.717, 1.165) is 17.8 Å². The molecule has 11 heavy (non-hydrogen) atoms. The van der Waals surface area contributed by atoms with Crippen molar-refractivity contribution in [1.82, 2.24) is 0 Å². The van der Waals surface area contributed by atoms with E-state index in [9.17, 15) is 0 Å². The van der Waals surface area contributed by atoms with Gasteiger partial charge in [0.15, 0.2) is 0 Å². The van der Waals surface area contributed by atoms with Gasteiger partial charge in [0.2, 0.25) is 0 Å². The first-order chi connectivity index (χ1) is 5.15. The molecular weight excluding hydrogens is 135 g/mol. The molecule has 1 atom stereocenters. The minimum Gasteiger partial charge on any atom is -0.400 e. The molecule has 0 heterocycles. The monoisotopic (exact) mass is 149 g/mol. The highest BCUT2D eigenvalue weighted by molar-refractivity contribution is 6.43. The van der Waals surface area contributed by atoms with Crippen LogP contribution in [0.15, 0.2) is 22.9 Å². The van der Waals surface area contributed by atoms with Crippen molar-refractivity contribution < 1.29 is 0 Å². The Balaban J connectivity index is 2.87. The van der Waals surface area contributed by atoms with E-state index >= 15 is 0 Å². The number of rotatable bonds is 1. The molecule has 0 bridgehead atoms. The number of nitrogens with two attached hydrogens (primary N) is 2. The normalized spacial score (nSPS) is 24.9. The van der Waals surface area contributed by atoms with Gasteiger partial charge in [-0.2, -0.15) is 0 Å². The third-order valence-corrected chi connectivity index (χ3v) is 2.12. The van der Waals surface area contributed by atoms with Crippen LogP contribution in [0.3, 0.4) is 0 Å². The molecule has 2 nitrogen and oxygen atoms in total. The zero-order valence-electron chi connectivity index (χ0n) is 7.09. The standard InChI is InChI=1S/C8H14BN2/c1-5-3-7(10)8(11)4-6(5)9-2/h4-5H,3,10-11H2,1-2H3. The van der Waals surface area contributed by atoms with Crippen molar-refractivity contribution in [3.63, 3.8) is 0 Å². The third kappa shape index (κ3) is 1.59. The Morgan fingerprint density at radius 2 is 2.18 bits per heavy atom. The van der Waals surface area contributed by atoms with Crippen LogP contribution in [0.4, 0.5) is 0 Å². The van der Waals surface area contributed by atoms with E-state index in [0.29, 0.717) is 5.92 Å². The molecule has 1 radical (unpaired) electrons. The first kappa shape index (κ1) is 8.24. The summed E-state index contributed by atoms with van der Waals surface area (Å²) in [6, 6.07) is 0. The summed E-state index contributed by atoms with van der Waals surface area (Å²) in [6.45, 7) is 4.18. The summed E-state index contributed by atoms with van der Waals surface area (Å²) >= 11 is 0. The van der Waals surface area contributed by atoms with Gasteiger partial charge < -0.3 is 11.5 Å². The lowest BCUT2D eigenvalue weighted by molar-refractivity contribution is 0.677. The van der Waals surface area contributed by atoms with Crippen LogP contribution in [0.5, 0.6) is 0 Å². The molecular formula is C8H14BN2. The SMILES string of the molecule is C[B]C1=CC(N)=C(N)CC1C.